The summed E-state index contributed by atoms with van der Waals surface area (Å²) in [5, 5.41) is 6.98. The second kappa shape index (κ2) is 8.28. The van der Waals surface area contributed by atoms with Crippen LogP contribution in [0, 0.1) is 0 Å². The number of ether oxygens (including phenoxy) is 1. The number of likely N-dealkylation sites (N-methyl/N-ethyl adjacent to an activating group) is 1. The van der Waals surface area contributed by atoms with Crippen molar-refractivity contribution in [1.29, 1.82) is 0 Å². The number of carbonyl (C=O) groups excluding carboxylic acids is 1. The number of carbonyl (C=O) groups is 1. The summed E-state index contributed by atoms with van der Waals surface area (Å²) in [6.45, 7) is 3.64. The van der Waals surface area contributed by atoms with Crippen molar-refractivity contribution >= 4 is 6.03 Å². The predicted octanol–water partition coefficient (Wildman–Crippen LogP) is 1.50. The molecule has 2 rings (SSSR count). The lowest BCUT2D eigenvalue weighted by Gasteiger charge is -2.24. The quantitative estimate of drug-likeness (QED) is 0.840. The van der Waals surface area contributed by atoms with Crippen molar-refractivity contribution in [1.82, 2.24) is 25.0 Å². The van der Waals surface area contributed by atoms with Crippen molar-refractivity contribution in [3.05, 3.63) is 48.0 Å². The largest absolute Gasteiger partial charge is 0.383 e. The fourth-order valence-corrected chi connectivity index (χ4v) is 2.12. The molecular weight excluding hydrogens is 294 g/mol. The van der Waals surface area contributed by atoms with Gasteiger partial charge in [-0.1, -0.05) is 24.3 Å². The molecule has 0 unspecified atom stereocenters. The Balaban J connectivity index is 1.82. The highest BCUT2D eigenvalue weighted by Gasteiger charge is 2.14. The van der Waals surface area contributed by atoms with Gasteiger partial charge in [0.15, 0.2) is 0 Å². The first-order valence-electron chi connectivity index (χ1n) is 7.50. The van der Waals surface area contributed by atoms with Gasteiger partial charge in [-0.2, -0.15) is 5.10 Å². The van der Waals surface area contributed by atoms with Gasteiger partial charge in [0.1, 0.15) is 12.7 Å². The third-order valence-corrected chi connectivity index (χ3v) is 3.67. The second-order valence-corrected chi connectivity index (χ2v) is 5.48. The minimum absolute atomic E-state index is 0.0325. The molecule has 0 aliphatic rings. The number of methoxy groups -OCH3 is 1. The van der Waals surface area contributed by atoms with E-state index in [4.69, 9.17) is 4.74 Å². The molecule has 124 valence electrons. The number of hydrogen-bond acceptors (Lipinski definition) is 4. The Morgan fingerprint density at radius 1 is 1.35 bits per heavy atom. The van der Waals surface area contributed by atoms with Gasteiger partial charge in [-0.15, -0.1) is 0 Å². The standard InChI is InChI=1S/C16H23N5O2/c1-13(10-23-3)20(2)16(22)18-8-14-4-6-15(7-5-14)9-21-12-17-11-19-21/h4-7,11-13H,8-10H2,1-3H3,(H,18,22)/t13-/m0/s1. The van der Waals surface area contributed by atoms with E-state index in [0.29, 0.717) is 19.7 Å². The van der Waals surface area contributed by atoms with Crippen LogP contribution in [-0.2, 0) is 17.8 Å². The highest BCUT2D eigenvalue weighted by molar-refractivity contribution is 5.74. The summed E-state index contributed by atoms with van der Waals surface area (Å²) in [5.74, 6) is 0. The van der Waals surface area contributed by atoms with Crippen molar-refractivity contribution in [3.63, 3.8) is 0 Å². The number of nitrogens with one attached hydrogen (secondary N) is 1. The molecular formula is C16H23N5O2. The minimum atomic E-state index is -0.110. The molecule has 1 N–H and O–H groups in total. The van der Waals surface area contributed by atoms with Crippen LogP contribution in [0.4, 0.5) is 4.79 Å². The summed E-state index contributed by atoms with van der Waals surface area (Å²) >= 11 is 0. The summed E-state index contributed by atoms with van der Waals surface area (Å²) in [4.78, 5) is 17.6. The van der Waals surface area contributed by atoms with Crippen molar-refractivity contribution in [2.45, 2.75) is 26.1 Å². The van der Waals surface area contributed by atoms with E-state index in [1.54, 1.807) is 30.1 Å². The maximum atomic E-state index is 12.1. The third-order valence-electron chi connectivity index (χ3n) is 3.67. The molecule has 0 aliphatic heterocycles. The Bertz CT molecular complexity index is 597. The average molecular weight is 317 g/mol. The van der Waals surface area contributed by atoms with E-state index in [9.17, 15) is 4.79 Å². The Hall–Kier alpha value is -2.41. The van der Waals surface area contributed by atoms with Crippen LogP contribution in [0.25, 0.3) is 0 Å². The molecule has 1 heterocycles. The fourth-order valence-electron chi connectivity index (χ4n) is 2.12. The number of nitrogens with zero attached hydrogens (tertiary/aromatic N) is 4. The monoisotopic (exact) mass is 317 g/mol. The molecule has 2 aromatic rings. The number of urea groups is 1. The van der Waals surface area contributed by atoms with Crippen LogP contribution in [0.15, 0.2) is 36.9 Å². The summed E-state index contributed by atoms with van der Waals surface area (Å²) in [5.41, 5.74) is 2.19. The average Bonchev–Trinajstić information content (AvgIpc) is 3.06. The zero-order valence-corrected chi connectivity index (χ0v) is 13.8. The van der Waals surface area contributed by atoms with E-state index in [2.05, 4.69) is 15.4 Å². The van der Waals surface area contributed by atoms with Gasteiger partial charge in [0, 0.05) is 20.7 Å². The van der Waals surface area contributed by atoms with E-state index in [0.717, 1.165) is 11.1 Å². The molecule has 0 saturated heterocycles. The first kappa shape index (κ1) is 17.0. The molecule has 23 heavy (non-hydrogen) atoms. The van der Waals surface area contributed by atoms with Gasteiger partial charge in [0.2, 0.25) is 0 Å². The van der Waals surface area contributed by atoms with Crippen LogP contribution in [0.2, 0.25) is 0 Å². The van der Waals surface area contributed by atoms with Crippen LogP contribution in [0.1, 0.15) is 18.1 Å². The smallest absolute Gasteiger partial charge is 0.317 e. The predicted molar refractivity (Wildman–Crippen MR) is 86.9 cm³/mol. The highest BCUT2D eigenvalue weighted by Crippen LogP contribution is 2.06. The summed E-state index contributed by atoms with van der Waals surface area (Å²) in [6, 6.07) is 7.99. The summed E-state index contributed by atoms with van der Waals surface area (Å²) in [7, 11) is 3.39. The summed E-state index contributed by atoms with van der Waals surface area (Å²) in [6.07, 6.45) is 3.20. The number of amides is 2. The Morgan fingerprint density at radius 2 is 2.04 bits per heavy atom. The normalized spacial score (nSPS) is 12.0. The van der Waals surface area contributed by atoms with Gasteiger partial charge in [0.05, 0.1) is 19.2 Å². The molecule has 7 heteroatoms. The molecule has 0 spiro atoms. The SMILES string of the molecule is COC[C@H](C)N(C)C(=O)NCc1ccc(Cn2cncn2)cc1. The van der Waals surface area contributed by atoms with Crippen molar-refractivity contribution in [3.8, 4) is 0 Å². The van der Waals surface area contributed by atoms with E-state index in [1.807, 2.05) is 31.2 Å². The van der Waals surface area contributed by atoms with Gasteiger partial charge >= 0.3 is 6.03 Å². The van der Waals surface area contributed by atoms with Crippen LogP contribution >= 0.6 is 0 Å². The second-order valence-electron chi connectivity index (χ2n) is 5.48. The van der Waals surface area contributed by atoms with E-state index >= 15 is 0 Å². The van der Waals surface area contributed by atoms with Crippen LogP contribution in [0.5, 0.6) is 0 Å². The molecule has 1 aromatic carbocycles. The Kier molecular flexibility index (Phi) is 6.10. The zero-order valence-electron chi connectivity index (χ0n) is 13.8. The van der Waals surface area contributed by atoms with E-state index in [1.165, 1.54) is 6.33 Å². The first-order chi connectivity index (χ1) is 11.1. The zero-order chi connectivity index (χ0) is 16.7. The van der Waals surface area contributed by atoms with E-state index < -0.39 is 0 Å². The maximum absolute atomic E-state index is 12.1. The van der Waals surface area contributed by atoms with E-state index in [-0.39, 0.29) is 12.1 Å². The topological polar surface area (TPSA) is 72.3 Å². The first-order valence-corrected chi connectivity index (χ1v) is 7.50. The van der Waals surface area contributed by atoms with Crippen LogP contribution < -0.4 is 5.32 Å². The fraction of sp³-hybridized carbons (Fsp3) is 0.438. The highest BCUT2D eigenvalue weighted by atomic mass is 16.5. The lowest BCUT2D eigenvalue weighted by Crippen LogP contribution is -2.43. The Morgan fingerprint density at radius 3 is 2.65 bits per heavy atom. The molecule has 1 atom stereocenters. The van der Waals surface area contributed by atoms with Crippen LogP contribution in [0.3, 0.4) is 0 Å². The van der Waals surface area contributed by atoms with Crippen molar-refractivity contribution in [2.75, 3.05) is 20.8 Å². The molecule has 0 radical (unpaired) electrons. The lowest BCUT2D eigenvalue weighted by atomic mass is 10.1. The molecule has 2 amide bonds. The molecule has 0 aliphatic carbocycles. The van der Waals surface area contributed by atoms with Crippen molar-refractivity contribution < 1.29 is 9.53 Å². The van der Waals surface area contributed by atoms with Crippen molar-refractivity contribution in [2.24, 2.45) is 0 Å². The number of rotatable bonds is 7. The van der Waals surface area contributed by atoms with Gasteiger partial charge < -0.3 is 15.0 Å². The molecule has 7 nitrogen and oxygen atoms in total. The number of hydrogen-bond donors (Lipinski definition) is 1. The maximum Gasteiger partial charge on any atom is 0.317 e. The van der Waals surface area contributed by atoms with Gasteiger partial charge in [-0.05, 0) is 18.1 Å². The van der Waals surface area contributed by atoms with Gasteiger partial charge in [0.25, 0.3) is 0 Å². The lowest BCUT2D eigenvalue weighted by molar-refractivity contribution is 0.123. The molecule has 0 saturated carbocycles. The number of aromatic nitrogens is 3. The van der Waals surface area contributed by atoms with Gasteiger partial charge in [-0.3, -0.25) is 0 Å². The minimum Gasteiger partial charge on any atom is -0.383 e. The van der Waals surface area contributed by atoms with Crippen LogP contribution in [-0.4, -0.2) is 52.5 Å². The molecule has 0 bridgehead atoms. The van der Waals surface area contributed by atoms with Gasteiger partial charge in [-0.25, -0.2) is 14.5 Å². The Labute approximate surface area is 136 Å². The third kappa shape index (κ3) is 5.07. The summed E-state index contributed by atoms with van der Waals surface area (Å²) < 4.78 is 6.83. The molecule has 1 aromatic heterocycles. The number of benzene rings is 1. The molecule has 0 fully saturated rings.